The molecule has 1 fully saturated rings. The molecule has 24 heavy (non-hydrogen) atoms. The van der Waals surface area contributed by atoms with Crippen LogP contribution in [0, 0.1) is 6.92 Å². The Balaban J connectivity index is 1.85. The molecule has 1 saturated carbocycles. The molecule has 2 aromatic heterocycles. The highest BCUT2D eigenvalue weighted by Gasteiger charge is 2.24. The molecule has 0 spiro atoms. The van der Waals surface area contributed by atoms with E-state index in [4.69, 9.17) is 4.98 Å². The Bertz CT molecular complexity index is 1060. The molecule has 0 radical (unpaired) electrons. The zero-order chi connectivity index (χ0) is 16.1. The van der Waals surface area contributed by atoms with Gasteiger partial charge in [-0.2, -0.15) is 0 Å². The van der Waals surface area contributed by atoms with Crippen LogP contribution < -0.4 is 5.32 Å². The number of hydrogen-bond acceptors (Lipinski definition) is 4. The Kier molecular flexibility index (Phi) is 2.82. The summed E-state index contributed by atoms with van der Waals surface area (Å²) in [5, 5.41) is 13.5. The first-order valence-corrected chi connectivity index (χ1v) is 8.28. The summed E-state index contributed by atoms with van der Waals surface area (Å²) in [6.45, 7) is 2.10. The lowest BCUT2D eigenvalue weighted by Gasteiger charge is -2.11. The van der Waals surface area contributed by atoms with Gasteiger partial charge in [0.15, 0.2) is 11.5 Å². The van der Waals surface area contributed by atoms with Crippen LogP contribution in [0.5, 0.6) is 0 Å². The van der Waals surface area contributed by atoms with Crippen molar-refractivity contribution in [1.82, 2.24) is 19.6 Å². The topological polar surface area (TPSA) is 55.1 Å². The van der Waals surface area contributed by atoms with Crippen molar-refractivity contribution >= 4 is 22.5 Å². The highest BCUT2D eigenvalue weighted by molar-refractivity contribution is 5.93. The van der Waals surface area contributed by atoms with Crippen LogP contribution in [0.3, 0.4) is 0 Å². The summed E-state index contributed by atoms with van der Waals surface area (Å²) < 4.78 is 2.06. The molecule has 2 aromatic carbocycles. The van der Waals surface area contributed by atoms with Crippen LogP contribution in [0.15, 0.2) is 48.5 Å². The second-order valence-electron chi connectivity index (χ2n) is 6.37. The largest absolute Gasteiger partial charge is 0.353 e. The van der Waals surface area contributed by atoms with Gasteiger partial charge >= 0.3 is 0 Å². The fourth-order valence-electron chi connectivity index (χ4n) is 3.09. The van der Waals surface area contributed by atoms with Crippen LogP contribution in [-0.4, -0.2) is 25.6 Å². The predicted molar refractivity (Wildman–Crippen MR) is 95.1 cm³/mol. The van der Waals surface area contributed by atoms with Crippen LogP contribution in [-0.2, 0) is 0 Å². The van der Waals surface area contributed by atoms with Crippen LogP contribution in [0.25, 0.3) is 27.9 Å². The number of anilines is 1. The monoisotopic (exact) mass is 315 g/mol. The van der Waals surface area contributed by atoms with Crippen molar-refractivity contribution in [3.05, 3.63) is 54.1 Å². The zero-order valence-corrected chi connectivity index (χ0v) is 13.4. The molecule has 1 aliphatic carbocycles. The van der Waals surface area contributed by atoms with E-state index < -0.39 is 0 Å². The van der Waals surface area contributed by atoms with E-state index in [9.17, 15) is 0 Å². The molecule has 0 amide bonds. The second-order valence-corrected chi connectivity index (χ2v) is 6.37. The third-order valence-electron chi connectivity index (χ3n) is 4.54. The Morgan fingerprint density at radius 3 is 2.62 bits per heavy atom. The summed E-state index contributed by atoms with van der Waals surface area (Å²) >= 11 is 0. The molecule has 0 atom stereocenters. The molecule has 0 aliphatic heterocycles. The van der Waals surface area contributed by atoms with Crippen LogP contribution in [0.2, 0.25) is 0 Å². The zero-order valence-electron chi connectivity index (χ0n) is 13.4. The summed E-state index contributed by atoms with van der Waals surface area (Å²) in [7, 11) is 0. The minimum Gasteiger partial charge on any atom is -0.353 e. The van der Waals surface area contributed by atoms with Crippen molar-refractivity contribution in [3.8, 4) is 11.4 Å². The third kappa shape index (κ3) is 2.05. The third-order valence-corrected chi connectivity index (χ3v) is 4.54. The van der Waals surface area contributed by atoms with Crippen LogP contribution in [0.1, 0.15) is 18.4 Å². The van der Waals surface area contributed by atoms with E-state index in [-0.39, 0.29) is 0 Å². The lowest BCUT2D eigenvalue weighted by Crippen LogP contribution is -2.09. The molecule has 1 aliphatic rings. The average Bonchev–Trinajstić information content (AvgIpc) is 3.31. The Hall–Kier alpha value is -2.95. The van der Waals surface area contributed by atoms with Gasteiger partial charge in [0.05, 0.1) is 5.52 Å². The van der Waals surface area contributed by atoms with Crippen molar-refractivity contribution in [2.45, 2.75) is 25.8 Å². The maximum atomic E-state index is 4.84. The minimum absolute atomic E-state index is 0.508. The number of aryl methyl sites for hydroxylation is 1. The standard InChI is InChI=1S/C19H17N5/c1-12-6-2-3-7-14(12)17-22-23-18-15-8-4-5-9-16(15)21-19(24(17)18)20-13-10-11-13/h2-9,13H,10-11H2,1H3,(H,20,21). The second kappa shape index (κ2) is 5.03. The number of nitrogens with zero attached hydrogens (tertiary/aromatic N) is 4. The molecule has 118 valence electrons. The quantitative estimate of drug-likeness (QED) is 0.624. The van der Waals surface area contributed by atoms with E-state index >= 15 is 0 Å². The van der Waals surface area contributed by atoms with Crippen LogP contribution in [0.4, 0.5) is 5.95 Å². The Morgan fingerprint density at radius 2 is 1.79 bits per heavy atom. The molecular weight excluding hydrogens is 298 g/mol. The number of rotatable bonds is 3. The molecule has 4 aromatic rings. The Morgan fingerprint density at radius 1 is 1.00 bits per heavy atom. The summed E-state index contributed by atoms with van der Waals surface area (Å²) in [6, 6.07) is 16.9. The number of nitrogens with one attached hydrogen (secondary N) is 1. The predicted octanol–water partition coefficient (Wildman–Crippen LogP) is 3.83. The highest BCUT2D eigenvalue weighted by Crippen LogP contribution is 2.30. The minimum atomic E-state index is 0.508. The first-order chi connectivity index (χ1) is 11.8. The summed E-state index contributed by atoms with van der Waals surface area (Å²) in [5.41, 5.74) is 4.05. The average molecular weight is 315 g/mol. The van der Waals surface area contributed by atoms with E-state index in [1.165, 1.54) is 18.4 Å². The van der Waals surface area contributed by atoms with Gasteiger partial charge in [0.25, 0.3) is 0 Å². The van der Waals surface area contributed by atoms with E-state index in [1.807, 2.05) is 30.3 Å². The molecule has 0 unspecified atom stereocenters. The molecule has 1 N–H and O–H groups in total. The first kappa shape index (κ1) is 13.5. The van der Waals surface area contributed by atoms with Crippen molar-refractivity contribution < 1.29 is 0 Å². The van der Waals surface area contributed by atoms with Gasteiger partial charge in [-0.1, -0.05) is 36.4 Å². The fraction of sp³-hybridized carbons (Fsp3) is 0.211. The van der Waals surface area contributed by atoms with Crippen molar-refractivity contribution in [1.29, 1.82) is 0 Å². The Labute approximate surface area is 139 Å². The molecule has 5 heteroatoms. The normalized spacial score (nSPS) is 14.4. The number of hydrogen-bond donors (Lipinski definition) is 1. The highest BCUT2D eigenvalue weighted by atomic mass is 15.3. The molecule has 0 saturated heterocycles. The number of para-hydroxylation sites is 1. The van der Waals surface area contributed by atoms with E-state index in [0.717, 1.165) is 33.9 Å². The SMILES string of the molecule is Cc1ccccc1-c1nnc2c3ccccc3nc(NC3CC3)n12. The van der Waals surface area contributed by atoms with Gasteiger partial charge in [0, 0.05) is 17.0 Å². The molecule has 0 bridgehead atoms. The summed E-state index contributed by atoms with van der Waals surface area (Å²) in [5.74, 6) is 1.67. The molecular formula is C19H17N5. The smallest absolute Gasteiger partial charge is 0.211 e. The van der Waals surface area contributed by atoms with Gasteiger partial charge in [0.1, 0.15) is 0 Å². The van der Waals surface area contributed by atoms with E-state index in [2.05, 4.69) is 45.0 Å². The molecule has 2 heterocycles. The fourth-order valence-corrected chi connectivity index (χ4v) is 3.09. The first-order valence-electron chi connectivity index (χ1n) is 8.28. The van der Waals surface area contributed by atoms with Gasteiger partial charge in [-0.25, -0.2) is 9.38 Å². The number of aromatic nitrogens is 4. The van der Waals surface area contributed by atoms with Gasteiger partial charge in [-0.05, 0) is 37.5 Å². The number of benzene rings is 2. The van der Waals surface area contributed by atoms with E-state index in [0.29, 0.717) is 6.04 Å². The summed E-state index contributed by atoms with van der Waals surface area (Å²) in [6.07, 6.45) is 2.38. The molecule has 5 nitrogen and oxygen atoms in total. The van der Waals surface area contributed by atoms with E-state index in [1.54, 1.807) is 0 Å². The van der Waals surface area contributed by atoms with Gasteiger partial charge in [-0.3, -0.25) is 0 Å². The van der Waals surface area contributed by atoms with Crippen molar-refractivity contribution in [3.63, 3.8) is 0 Å². The van der Waals surface area contributed by atoms with Crippen molar-refractivity contribution in [2.75, 3.05) is 5.32 Å². The maximum absolute atomic E-state index is 4.84. The van der Waals surface area contributed by atoms with Gasteiger partial charge in [-0.15, -0.1) is 10.2 Å². The lowest BCUT2D eigenvalue weighted by atomic mass is 10.1. The van der Waals surface area contributed by atoms with Crippen molar-refractivity contribution in [2.24, 2.45) is 0 Å². The van der Waals surface area contributed by atoms with Gasteiger partial charge < -0.3 is 5.32 Å². The lowest BCUT2D eigenvalue weighted by molar-refractivity contribution is 1.03. The maximum Gasteiger partial charge on any atom is 0.211 e. The van der Waals surface area contributed by atoms with Crippen LogP contribution >= 0.6 is 0 Å². The molecule has 5 rings (SSSR count). The number of fused-ring (bicyclic) bond motifs is 3. The summed E-state index contributed by atoms with van der Waals surface area (Å²) in [4.78, 5) is 4.84. The van der Waals surface area contributed by atoms with Gasteiger partial charge in [0.2, 0.25) is 5.95 Å².